The summed E-state index contributed by atoms with van der Waals surface area (Å²) in [5.41, 5.74) is 0.104. The molecule has 1 amide bonds. The Bertz CT molecular complexity index is 415. The van der Waals surface area contributed by atoms with Crippen LogP contribution in [0.3, 0.4) is 0 Å². The van der Waals surface area contributed by atoms with Crippen molar-refractivity contribution < 1.29 is 18.0 Å². The third-order valence-corrected chi connectivity index (χ3v) is 2.71. The van der Waals surface area contributed by atoms with Gasteiger partial charge in [-0.3, -0.25) is 4.79 Å². The van der Waals surface area contributed by atoms with Gasteiger partial charge in [0.2, 0.25) is 5.91 Å². The van der Waals surface area contributed by atoms with Gasteiger partial charge in [0.15, 0.2) is 0 Å². The Kier molecular flexibility index (Phi) is 6.51. The highest BCUT2D eigenvalue weighted by atomic mass is 19.4. The van der Waals surface area contributed by atoms with E-state index in [1.165, 1.54) is 12.1 Å². The molecule has 0 atom stereocenters. The van der Waals surface area contributed by atoms with E-state index in [0.717, 1.165) is 24.1 Å². The maximum absolute atomic E-state index is 12.4. The maximum Gasteiger partial charge on any atom is 0.416 e. The molecule has 0 bridgehead atoms. The lowest BCUT2D eigenvalue weighted by atomic mass is 10.1. The number of carbonyl (C=O) groups is 1. The van der Waals surface area contributed by atoms with Crippen LogP contribution in [0.15, 0.2) is 24.3 Å². The Hall–Kier alpha value is -1.56. The highest BCUT2D eigenvalue weighted by molar-refractivity contribution is 5.75. The zero-order valence-electron chi connectivity index (χ0n) is 11.4. The fraction of sp³-hybridized carbons (Fsp3) is 0.500. The second-order valence-electron chi connectivity index (χ2n) is 4.47. The molecule has 112 valence electrons. The zero-order valence-corrected chi connectivity index (χ0v) is 11.4. The van der Waals surface area contributed by atoms with E-state index in [1.54, 1.807) is 0 Å². The molecular weight excluding hydrogens is 269 g/mol. The van der Waals surface area contributed by atoms with Gasteiger partial charge in [-0.05, 0) is 24.1 Å². The van der Waals surface area contributed by atoms with Crippen LogP contribution in [0.1, 0.15) is 30.9 Å². The van der Waals surface area contributed by atoms with Crippen molar-refractivity contribution >= 4 is 5.91 Å². The molecule has 0 spiro atoms. The van der Waals surface area contributed by atoms with Crippen LogP contribution in [-0.4, -0.2) is 19.0 Å². The summed E-state index contributed by atoms with van der Waals surface area (Å²) < 4.78 is 37.1. The monoisotopic (exact) mass is 288 g/mol. The first kappa shape index (κ1) is 16.5. The van der Waals surface area contributed by atoms with Crippen molar-refractivity contribution in [2.24, 2.45) is 0 Å². The van der Waals surface area contributed by atoms with E-state index in [-0.39, 0.29) is 5.91 Å². The molecule has 1 rings (SSSR count). The molecule has 0 aliphatic carbocycles. The van der Waals surface area contributed by atoms with E-state index >= 15 is 0 Å². The number of hydrogen-bond acceptors (Lipinski definition) is 2. The topological polar surface area (TPSA) is 41.1 Å². The molecule has 6 heteroatoms. The lowest BCUT2D eigenvalue weighted by Crippen LogP contribution is -2.28. The van der Waals surface area contributed by atoms with Crippen LogP contribution in [0.4, 0.5) is 13.2 Å². The standard InChI is InChI=1S/C14H19F3N2O/c1-2-8-19-13(20)7-9-18-10-11-3-5-12(6-4-11)14(15,16)17/h3-6,18H,2,7-10H2,1H3,(H,19,20). The Balaban J connectivity index is 2.27. The van der Waals surface area contributed by atoms with Gasteiger partial charge in [0.05, 0.1) is 5.56 Å². The molecule has 0 aliphatic heterocycles. The molecule has 0 fully saturated rings. The number of rotatable bonds is 7. The van der Waals surface area contributed by atoms with Crippen molar-refractivity contribution in [3.05, 3.63) is 35.4 Å². The van der Waals surface area contributed by atoms with Crippen molar-refractivity contribution in [3.8, 4) is 0 Å². The second-order valence-corrected chi connectivity index (χ2v) is 4.47. The number of nitrogens with one attached hydrogen (secondary N) is 2. The van der Waals surface area contributed by atoms with Gasteiger partial charge >= 0.3 is 6.18 Å². The van der Waals surface area contributed by atoms with Gasteiger partial charge in [0.1, 0.15) is 0 Å². The Morgan fingerprint density at radius 2 is 1.80 bits per heavy atom. The van der Waals surface area contributed by atoms with Crippen molar-refractivity contribution in [2.75, 3.05) is 13.1 Å². The summed E-state index contributed by atoms with van der Waals surface area (Å²) in [5.74, 6) is -0.0215. The Labute approximate surface area is 116 Å². The Morgan fingerprint density at radius 1 is 1.15 bits per heavy atom. The van der Waals surface area contributed by atoms with Crippen molar-refractivity contribution in [1.29, 1.82) is 0 Å². The summed E-state index contributed by atoms with van der Waals surface area (Å²) in [6.45, 7) is 3.58. The van der Waals surface area contributed by atoms with Crippen LogP contribution in [-0.2, 0) is 17.5 Å². The lowest BCUT2D eigenvalue weighted by molar-refractivity contribution is -0.137. The van der Waals surface area contributed by atoms with Gasteiger partial charge in [-0.15, -0.1) is 0 Å². The molecule has 0 radical (unpaired) electrons. The van der Waals surface area contributed by atoms with Crippen molar-refractivity contribution in [1.82, 2.24) is 10.6 Å². The van der Waals surface area contributed by atoms with E-state index in [4.69, 9.17) is 0 Å². The summed E-state index contributed by atoms with van der Waals surface area (Å²) in [4.78, 5) is 11.3. The molecule has 0 unspecified atom stereocenters. The van der Waals surface area contributed by atoms with Gasteiger partial charge < -0.3 is 10.6 Å². The lowest BCUT2D eigenvalue weighted by Gasteiger charge is -2.08. The van der Waals surface area contributed by atoms with Gasteiger partial charge in [0.25, 0.3) is 0 Å². The fourth-order valence-electron chi connectivity index (χ4n) is 1.60. The molecule has 0 saturated heterocycles. The first-order valence-electron chi connectivity index (χ1n) is 6.57. The third kappa shape index (κ3) is 6.06. The molecule has 3 nitrogen and oxygen atoms in total. The van der Waals surface area contributed by atoms with E-state index in [2.05, 4.69) is 10.6 Å². The number of halogens is 3. The summed E-state index contributed by atoms with van der Waals surface area (Å²) in [7, 11) is 0. The molecule has 0 saturated carbocycles. The van der Waals surface area contributed by atoms with E-state index in [9.17, 15) is 18.0 Å². The van der Waals surface area contributed by atoms with Crippen LogP contribution >= 0.6 is 0 Å². The van der Waals surface area contributed by atoms with Crippen LogP contribution in [0, 0.1) is 0 Å². The van der Waals surface area contributed by atoms with Crippen LogP contribution < -0.4 is 10.6 Å². The molecule has 0 aromatic heterocycles. The highest BCUT2D eigenvalue weighted by Crippen LogP contribution is 2.28. The minimum Gasteiger partial charge on any atom is -0.356 e. The number of hydrogen-bond donors (Lipinski definition) is 2. The fourth-order valence-corrected chi connectivity index (χ4v) is 1.60. The first-order chi connectivity index (χ1) is 9.43. The SMILES string of the molecule is CCCNC(=O)CCNCc1ccc(C(F)(F)F)cc1. The van der Waals surface area contributed by atoms with Gasteiger partial charge in [-0.1, -0.05) is 19.1 Å². The molecule has 1 aromatic carbocycles. The smallest absolute Gasteiger partial charge is 0.356 e. The van der Waals surface area contributed by atoms with Gasteiger partial charge in [-0.2, -0.15) is 13.2 Å². The van der Waals surface area contributed by atoms with Gasteiger partial charge in [-0.25, -0.2) is 0 Å². The molecule has 2 N–H and O–H groups in total. The van der Waals surface area contributed by atoms with Crippen LogP contribution in [0.5, 0.6) is 0 Å². The summed E-state index contributed by atoms with van der Waals surface area (Å²) in [6.07, 6.45) is -3.05. The molecular formula is C14H19F3N2O. The second kappa shape index (κ2) is 7.89. The molecule has 20 heavy (non-hydrogen) atoms. The van der Waals surface area contributed by atoms with Crippen LogP contribution in [0.2, 0.25) is 0 Å². The normalized spacial score (nSPS) is 11.4. The maximum atomic E-state index is 12.4. The summed E-state index contributed by atoms with van der Waals surface area (Å²) in [6, 6.07) is 5.00. The average Bonchev–Trinajstić information content (AvgIpc) is 2.41. The van der Waals surface area contributed by atoms with E-state index in [0.29, 0.717) is 26.1 Å². The van der Waals surface area contributed by atoms with Crippen molar-refractivity contribution in [3.63, 3.8) is 0 Å². The number of alkyl halides is 3. The average molecular weight is 288 g/mol. The number of carbonyl (C=O) groups excluding carboxylic acids is 1. The predicted molar refractivity (Wildman–Crippen MR) is 71.1 cm³/mol. The third-order valence-electron chi connectivity index (χ3n) is 2.71. The number of benzene rings is 1. The summed E-state index contributed by atoms with van der Waals surface area (Å²) in [5, 5.41) is 5.78. The molecule has 1 aromatic rings. The zero-order chi connectivity index (χ0) is 15.0. The molecule has 0 heterocycles. The predicted octanol–water partition coefficient (Wildman–Crippen LogP) is 2.71. The molecule has 0 aliphatic rings. The largest absolute Gasteiger partial charge is 0.416 e. The van der Waals surface area contributed by atoms with Crippen LogP contribution in [0.25, 0.3) is 0 Å². The highest BCUT2D eigenvalue weighted by Gasteiger charge is 2.29. The van der Waals surface area contributed by atoms with Gasteiger partial charge in [0, 0.05) is 26.1 Å². The number of amides is 1. The van der Waals surface area contributed by atoms with E-state index in [1.807, 2.05) is 6.92 Å². The van der Waals surface area contributed by atoms with E-state index < -0.39 is 11.7 Å². The quantitative estimate of drug-likeness (QED) is 0.757. The minimum absolute atomic E-state index is 0.0215. The first-order valence-corrected chi connectivity index (χ1v) is 6.57. The van der Waals surface area contributed by atoms with Crippen molar-refractivity contribution in [2.45, 2.75) is 32.5 Å². The summed E-state index contributed by atoms with van der Waals surface area (Å²) >= 11 is 0. The minimum atomic E-state index is -4.30. The Morgan fingerprint density at radius 3 is 2.35 bits per heavy atom.